The van der Waals surface area contributed by atoms with Gasteiger partial charge in [0, 0.05) is 50.6 Å². The number of amides is 2. The van der Waals surface area contributed by atoms with Crippen LogP contribution in [0.1, 0.15) is 43.7 Å². The lowest BCUT2D eigenvalue weighted by molar-refractivity contribution is -0.136. The number of hydrogen-bond donors (Lipinski definition) is 1. The van der Waals surface area contributed by atoms with E-state index in [1.807, 2.05) is 4.90 Å². The van der Waals surface area contributed by atoms with Crippen LogP contribution in [0.3, 0.4) is 0 Å². The maximum atomic E-state index is 12.6. The molecule has 1 saturated carbocycles. The summed E-state index contributed by atoms with van der Waals surface area (Å²) in [7, 11) is 0. The van der Waals surface area contributed by atoms with Gasteiger partial charge in [-0.15, -0.1) is 0 Å². The molecule has 1 N–H and O–H groups in total. The zero-order valence-electron chi connectivity index (χ0n) is 16.3. The molecule has 5 nitrogen and oxygen atoms in total. The van der Waals surface area contributed by atoms with Gasteiger partial charge >= 0.3 is 0 Å². The fraction of sp³-hybridized carbons (Fsp3) is 0.636. The zero-order valence-corrected chi connectivity index (χ0v) is 16.3. The van der Waals surface area contributed by atoms with Crippen molar-refractivity contribution in [2.24, 2.45) is 11.8 Å². The van der Waals surface area contributed by atoms with E-state index in [0.717, 1.165) is 58.3 Å². The Hall–Kier alpha value is -1.88. The summed E-state index contributed by atoms with van der Waals surface area (Å²) in [5.74, 6) is 0.819. The number of fused-ring (bicyclic) bond motifs is 1. The van der Waals surface area contributed by atoms with E-state index in [4.69, 9.17) is 0 Å². The third-order valence-electron chi connectivity index (χ3n) is 6.46. The molecule has 2 amide bonds. The largest absolute Gasteiger partial charge is 0.354 e. The molecule has 0 spiro atoms. The third kappa shape index (κ3) is 4.34. The molecular weight excluding hydrogens is 338 g/mol. The van der Waals surface area contributed by atoms with E-state index >= 15 is 0 Å². The highest BCUT2D eigenvalue weighted by Gasteiger charge is 2.36. The maximum absolute atomic E-state index is 12.6. The molecular formula is C22H31N3O2. The van der Waals surface area contributed by atoms with Crippen LogP contribution in [-0.2, 0) is 22.6 Å². The molecule has 1 aromatic rings. The summed E-state index contributed by atoms with van der Waals surface area (Å²) in [4.78, 5) is 29.1. The molecule has 5 heteroatoms. The fourth-order valence-corrected chi connectivity index (χ4v) is 4.37. The zero-order chi connectivity index (χ0) is 18.8. The Morgan fingerprint density at radius 3 is 2.44 bits per heavy atom. The molecule has 1 aliphatic carbocycles. The number of nitrogens with one attached hydrogen (secondary N) is 1. The van der Waals surface area contributed by atoms with Crippen molar-refractivity contribution in [2.75, 3.05) is 26.2 Å². The van der Waals surface area contributed by atoms with Gasteiger partial charge in [0.1, 0.15) is 0 Å². The van der Waals surface area contributed by atoms with E-state index < -0.39 is 0 Å². The number of rotatable bonds is 5. The Morgan fingerprint density at radius 2 is 1.74 bits per heavy atom. The SMILES string of the molecule is CC(CNC(=O)C1CCN(C(=O)C2CC2)CC1)N1CCc2ccccc2C1. The molecule has 1 saturated heterocycles. The minimum absolute atomic E-state index is 0.0579. The van der Waals surface area contributed by atoms with Crippen LogP contribution in [0, 0.1) is 11.8 Å². The van der Waals surface area contributed by atoms with Crippen LogP contribution in [0.2, 0.25) is 0 Å². The van der Waals surface area contributed by atoms with E-state index in [2.05, 4.69) is 41.4 Å². The number of nitrogens with zero attached hydrogens (tertiary/aromatic N) is 2. The van der Waals surface area contributed by atoms with Crippen LogP contribution in [0.4, 0.5) is 0 Å². The van der Waals surface area contributed by atoms with E-state index in [0.29, 0.717) is 18.5 Å². The first-order valence-electron chi connectivity index (χ1n) is 10.5. The first-order valence-corrected chi connectivity index (χ1v) is 10.5. The van der Waals surface area contributed by atoms with Crippen molar-refractivity contribution in [2.45, 2.75) is 51.6 Å². The summed E-state index contributed by atoms with van der Waals surface area (Å²) in [5, 5.41) is 3.17. The van der Waals surface area contributed by atoms with Crippen LogP contribution < -0.4 is 5.32 Å². The van der Waals surface area contributed by atoms with Gasteiger partial charge in [0.2, 0.25) is 11.8 Å². The Kier molecular flexibility index (Phi) is 5.48. The lowest BCUT2D eigenvalue weighted by Crippen LogP contribution is -2.47. The minimum Gasteiger partial charge on any atom is -0.354 e. The lowest BCUT2D eigenvalue weighted by Gasteiger charge is -2.35. The normalized spacial score (nSPS) is 22.2. The van der Waals surface area contributed by atoms with E-state index in [1.54, 1.807) is 0 Å². The molecule has 4 rings (SSSR count). The second kappa shape index (κ2) is 8.01. The van der Waals surface area contributed by atoms with Crippen LogP contribution in [0.15, 0.2) is 24.3 Å². The second-order valence-corrected chi connectivity index (χ2v) is 8.46. The number of carbonyl (C=O) groups excluding carboxylic acids is 2. The highest BCUT2D eigenvalue weighted by molar-refractivity contribution is 5.82. The van der Waals surface area contributed by atoms with E-state index in [1.165, 1.54) is 11.1 Å². The molecule has 2 fully saturated rings. The van der Waals surface area contributed by atoms with Gasteiger partial charge in [-0.1, -0.05) is 24.3 Å². The molecule has 0 aromatic heterocycles. The van der Waals surface area contributed by atoms with Gasteiger partial charge in [-0.2, -0.15) is 0 Å². The topological polar surface area (TPSA) is 52.7 Å². The van der Waals surface area contributed by atoms with Gasteiger partial charge in [-0.3, -0.25) is 14.5 Å². The number of benzene rings is 1. The summed E-state index contributed by atoms with van der Waals surface area (Å²) < 4.78 is 0. The first-order chi connectivity index (χ1) is 13.1. The number of carbonyl (C=O) groups is 2. The molecule has 0 bridgehead atoms. The lowest BCUT2D eigenvalue weighted by atomic mass is 9.95. The van der Waals surface area contributed by atoms with Crippen molar-refractivity contribution in [3.63, 3.8) is 0 Å². The first kappa shape index (κ1) is 18.5. The Labute approximate surface area is 162 Å². The molecule has 0 radical (unpaired) electrons. The van der Waals surface area contributed by atoms with Gasteiger partial charge in [-0.05, 0) is 50.2 Å². The van der Waals surface area contributed by atoms with Crippen LogP contribution >= 0.6 is 0 Å². The van der Waals surface area contributed by atoms with E-state index in [9.17, 15) is 9.59 Å². The number of piperidine rings is 1. The van der Waals surface area contributed by atoms with Crippen LogP contribution in [-0.4, -0.2) is 53.8 Å². The molecule has 1 unspecified atom stereocenters. The van der Waals surface area contributed by atoms with Gasteiger partial charge in [0.25, 0.3) is 0 Å². The third-order valence-corrected chi connectivity index (χ3v) is 6.46. The monoisotopic (exact) mass is 369 g/mol. The van der Waals surface area contributed by atoms with Crippen LogP contribution in [0.5, 0.6) is 0 Å². The second-order valence-electron chi connectivity index (χ2n) is 8.46. The van der Waals surface area contributed by atoms with E-state index in [-0.39, 0.29) is 17.7 Å². The summed E-state index contributed by atoms with van der Waals surface area (Å²) in [6.45, 7) is 6.40. The van der Waals surface area contributed by atoms with Gasteiger partial charge < -0.3 is 10.2 Å². The average molecular weight is 370 g/mol. The van der Waals surface area contributed by atoms with Gasteiger partial charge in [-0.25, -0.2) is 0 Å². The predicted molar refractivity (Wildman–Crippen MR) is 105 cm³/mol. The predicted octanol–water partition coefficient (Wildman–Crippen LogP) is 2.20. The summed E-state index contributed by atoms with van der Waals surface area (Å²) in [6.07, 6.45) is 4.80. The molecule has 27 heavy (non-hydrogen) atoms. The highest BCUT2D eigenvalue weighted by Crippen LogP contribution is 2.32. The van der Waals surface area contributed by atoms with Crippen molar-refractivity contribution in [3.8, 4) is 0 Å². The standard InChI is InChI=1S/C22H31N3O2/c1-16(25-13-8-17-4-2-3-5-20(17)15-25)14-23-21(26)18-9-11-24(12-10-18)22(27)19-6-7-19/h2-5,16,18-19H,6-15H2,1H3,(H,23,26). The molecule has 2 aliphatic heterocycles. The van der Waals surface area contributed by atoms with Crippen molar-refractivity contribution >= 4 is 11.8 Å². The molecule has 2 heterocycles. The molecule has 3 aliphatic rings. The van der Waals surface area contributed by atoms with Gasteiger partial charge in [0.05, 0.1) is 0 Å². The Balaban J connectivity index is 1.21. The summed E-state index contributed by atoms with van der Waals surface area (Å²) >= 11 is 0. The maximum Gasteiger partial charge on any atom is 0.225 e. The van der Waals surface area contributed by atoms with Crippen LogP contribution in [0.25, 0.3) is 0 Å². The van der Waals surface area contributed by atoms with Crippen molar-refractivity contribution in [1.82, 2.24) is 15.1 Å². The quantitative estimate of drug-likeness (QED) is 0.866. The fourth-order valence-electron chi connectivity index (χ4n) is 4.37. The van der Waals surface area contributed by atoms with Crippen molar-refractivity contribution in [3.05, 3.63) is 35.4 Å². The Morgan fingerprint density at radius 1 is 1.04 bits per heavy atom. The molecule has 146 valence electrons. The summed E-state index contributed by atoms with van der Waals surface area (Å²) in [5.41, 5.74) is 2.87. The minimum atomic E-state index is 0.0579. The number of hydrogen-bond acceptors (Lipinski definition) is 3. The van der Waals surface area contributed by atoms with Gasteiger partial charge in [0.15, 0.2) is 0 Å². The number of likely N-dealkylation sites (tertiary alicyclic amines) is 1. The Bertz CT molecular complexity index is 693. The molecule has 1 aromatic carbocycles. The van der Waals surface area contributed by atoms with Crippen molar-refractivity contribution < 1.29 is 9.59 Å². The highest BCUT2D eigenvalue weighted by atomic mass is 16.2. The summed E-state index contributed by atoms with van der Waals surface area (Å²) in [6, 6.07) is 8.98. The van der Waals surface area contributed by atoms with Crippen molar-refractivity contribution in [1.29, 1.82) is 0 Å². The average Bonchev–Trinajstić information content (AvgIpc) is 3.56. The smallest absolute Gasteiger partial charge is 0.225 e. The molecule has 1 atom stereocenters.